The first kappa shape index (κ1) is 26.3. The molecule has 1 aromatic rings. The van der Waals surface area contributed by atoms with Crippen LogP contribution in [-0.4, -0.2) is 69.0 Å². The van der Waals surface area contributed by atoms with E-state index in [0.717, 1.165) is 69.9 Å². The summed E-state index contributed by atoms with van der Waals surface area (Å²) in [5, 5.41) is 3.37. The van der Waals surface area contributed by atoms with E-state index in [0.29, 0.717) is 30.6 Å². The minimum Gasteiger partial charge on any atom is -0.378 e. The zero-order chi connectivity index (χ0) is 21.4. The van der Waals surface area contributed by atoms with Gasteiger partial charge in [-0.1, -0.05) is 18.6 Å². The summed E-state index contributed by atoms with van der Waals surface area (Å²) in [4.78, 5) is 7.44. The zero-order valence-corrected chi connectivity index (χ0v) is 21.9. The minimum absolute atomic E-state index is 0. The van der Waals surface area contributed by atoms with Crippen LogP contribution in [0.1, 0.15) is 51.5 Å². The van der Waals surface area contributed by atoms with Gasteiger partial charge in [-0.2, -0.15) is 4.31 Å². The monoisotopic (exact) mass is 564 g/mol. The second kappa shape index (κ2) is 13.0. The van der Waals surface area contributed by atoms with Crippen molar-refractivity contribution >= 4 is 40.0 Å². The van der Waals surface area contributed by atoms with E-state index < -0.39 is 10.0 Å². The molecule has 0 unspecified atom stereocenters. The molecule has 0 spiro atoms. The summed E-state index contributed by atoms with van der Waals surface area (Å²) >= 11 is 0. The summed E-state index contributed by atoms with van der Waals surface area (Å²) in [5.74, 6) is 0.886. The number of ether oxygens (including phenoxy) is 1. The van der Waals surface area contributed by atoms with E-state index in [9.17, 15) is 8.42 Å². The van der Waals surface area contributed by atoms with Crippen molar-refractivity contribution in [1.29, 1.82) is 0 Å². The van der Waals surface area contributed by atoms with Crippen molar-refractivity contribution in [1.82, 2.24) is 14.5 Å². The van der Waals surface area contributed by atoms with Crippen molar-refractivity contribution in [3.8, 4) is 0 Å². The number of nitrogens with one attached hydrogen (secondary N) is 1. The first-order valence-electron chi connectivity index (χ1n) is 11.3. The number of aliphatic imine (C=N–C) groups is 1. The fourth-order valence-corrected chi connectivity index (χ4v) is 5.71. The third-order valence-corrected chi connectivity index (χ3v) is 7.64. The van der Waals surface area contributed by atoms with Crippen LogP contribution >= 0.6 is 24.0 Å². The van der Waals surface area contributed by atoms with Crippen LogP contribution in [0.2, 0.25) is 0 Å². The maximum atomic E-state index is 13.0. The second-order valence-corrected chi connectivity index (χ2v) is 9.86. The fourth-order valence-electron chi connectivity index (χ4n) is 4.12. The highest BCUT2D eigenvalue weighted by atomic mass is 127. The summed E-state index contributed by atoms with van der Waals surface area (Å²) in [5.41, 5.74) is 0.910. The van der Waals surface area contributed by atoms with Gasteiger partial charge in [0.25, 0.3) is 0 Å². The SMILES string of the molecule is CCNC(=NCc1cccc(S(=O)(=O)N2CCCCC2)c1)N1CCC(OCC)CC1.I. The van der Waals surface area contributed by atoms with Crippen LogP contribution in [0.4, 0.5) is 0 Å². The van der Waals surface area contributed by atoms with E-state index >= 15 is 0 Å². The second-order valence-electron chi connectivity index (χ2n) is 7.92. The maximum Gasteiger partial charge on any atom is 0.243 e. The Labute approximate surface area is 204 Å². The smallest absolute Gasteiger partial charge is 0.243 e. The number of hydrogen-bond acceptors (Lipinski definition) is 4. The molecule has 2 heterocycles. The predicted molar refractivity (Wildman–Crippen MR) is 136 cm³/mol. The summed E-state index contributed by atoms with van der Waals surface area (Å²) in [6, 6.07) is 7.24. The van der Waals surface area contributed by atoms with Crippen LogP contribution in [0.15, 0.2) is 34.2 Å². The maximum absolute atomic E-state index is 13.0. The molecule has 0 aromatic heterocycles. The first-order chi connectivity index (χ1) is 14.5. The van der Waals surface area contributed by atoms with Crippen molar-refractivity contribution in [2.24, 2.45) is 4.99 Å². The molecule has 0 saturated carbocycles. The molecular weight excluding hydrogens is 527 g/mol. The molecule has 1 N–H and O–H groups in total. The first-order valence-corrected chi connectivity index (χ1v) is 12.7. The molecule has 3 rings (SSSR count). The predicted octanol–water partition coefficient (Wildman–Crippen LogP) is 3.45. The number of piperidine rings is 2. The van der Waals surface area contributed by atoms with Crippen LogP contribution in [-0.2, 0) is 21.3 Å². The molecule has 7 nitrogen and oxygen atoms in total. The summed E-state index contributed by atoms with van der Waals surface area (Å²) in [7, 11) is -3.42. The lowest BCUT2D eigenvalue weighted by Crippen LogP contribution is -2.47. The van der Waals surface area contributed by atoms with Crippen molar-refractivity contribution in [2.75, 3.05) is 39.3 Å². The Bertz CT molecular complexity index is 805. The lowest BCUT2D eigenvalue weighted by atomic mass is 10.1. The Kier molecular flexibility index (Phi) is 11.0. The summed E-state index contributed by atoms with van der Waals surface area (Å²) < 4.78 is 33.3. The van der Waals surface area contributed by atoms with Crippen LogP contribution in [0, 0.1) is 0 Å². The average Bonchev–Trinajstić information content (AvgIpc) is 2.78. The molecule has 2 aliphatic heterocycles. The number of nitrogens with zero attached hydrogens (tertiary/aromatic N) is 3. The van der Waals surface area contributed by atoms with Gasteiger partial charge in [0, 0.05) is 39.3 Å². The van der Waals surface area contributed by atoms with Crippen LogP contribution in [0.5, 0.6) is 0 Å². The van der Waals surface area contributed by atoms with Gasteiger partial charge in [-0.15, -0.1) is 24.0 Å². The molecule has 0 bridgehead atoms. The van der Waals surface area contributed by atoms with E-state index in [1.165, 1.54) is 0 Å². The molecular formula is C22H37IN4O3S. The lowest BCUT2D eigenvalue weighted by Gasteiger charge is -2.34. The quantitative estimate of drug-likeness (QED) is 0.312. The molecule has 2 saturated heterocycles. The molecule has 176 valence electrons. The molecule has 1 aromatic carbocycles. The van der Waals surface area contributed by atoms with Gasteiger partial charge < -0.3 is 15.0 Å². The highest BCUT2D eigenvalue weighted by Crippen LogP contribution is 2.22. The van der Waals surface area contributed by atoms with Crippen LogP contribution < -0.4 is 5.32 Å². The molecule has 0 atom stereocenters. The number of benzene rings is 1. The Morgan fingerprint density at radius 1 is 1.13 bits per heavy atom. The number of likely N-dealkylation sites (tertiary alicyclic amines) is 1. The highest BCUT2D eigenvalue weighted by molar-refractivity contribution is 14.0. The summed E-state index contributed by atoms with van der Waals surface area (Å²) in [6.07, 6.45) is 5.33. The number of rotatable bonds is 7. The highest BCUT2D eigenvalue weighted by Gasteiger charge is 2.26. The Morgan fingerprint density at radius 3 is 2.48 bits per heavy atom. The van der Waals surface area contributed by atoms with Crippen molar-refractivity contribution < 1.29 is 13.2 Å². The lowest BCUT2D eigenvalue weighted by molar-refractivity contribution is 0.0263. The van der Waals surface area contributed by atoms with Gasteiger partial charge in [0.15, 0.2) is 5.96 Å². The van der Waals surface area contributed by atoms with Gasteiger partial charge >= 0.3 is 0 Å². The molecule has 31 heavy (non-hydrogen) atoms. The largest absolute Gasteiger partial charge is 0.378 e. The molecule has 9 heteroatoms. The van der Waals surface area contributed by atoms with E-state index in [1.54, 1.807) is 16.4 Å². The Morgan fingerprint density at radius 2 is 1.84 bits per heavy atom. The molecule has 0 radical (unpaired) electrons. The number of guanidine groups is 1. The van der Waals surface area contributed by atoms with E-state index in [2.05, 4.69) is 17.1 Å². The van der Waals surface area contributed by atoms with Gasteiger partial charge in [-0.25, -0.2) is 13.4 Å². The fraction of sp³-hybridized carbons (Fsp3) is 0.682. The van der Waals surface area contributed by atoms with E-state index in [4.69, 9.17) is 9.73 Å². The number of hydrogen-bond donors (Lipinski definition) is 1. The topological polar surface area (TPSA) is 74.2 Å². The molecule has 0 aliphatic carbocycles. The zero-order valence-electron chi connectivity index (χ0n) is 18.8. The van der Waals surface area contributed by atoms with E-state index in [-0.39, 0.29) is 24.0 Å². The molecule has 2 aliphatic rings. The Balaban J connectivity index is 0.00000341. The van der Waals surface area contributed by atoms with Gasteiger partial charge in [-0.05, 0) is 57.2 Å². The molecule has 0 amide bonds. The van der Waals surface area contributed by atoms with Crippen molar-refractivity contribution in [2.45, 2.75) is 63.5 Å². The van der Waals surface area contributed by atoms with Gasteiger partial charge in [0.1, 0.15) is 0 Å². The molecule has 2 fully saturated rings. The van der Waals surface area contributed by atoms with Crippen molar-refractivity contribution in [3.63, 3.8) is 0 Å². The average molecular weight is 565 g/mol. The number of halogens is 1. The van der Waals surface area contributed by atoms with Gasteiger partial charge in [0.05, 0.1) is 17.5 Å². The van der Waals surface area contributed by atoms with Gasteiger partial charge in [0.2, 0.25) is 10.0 Å². The standard InChI is InChI=1S/C22H36N4O3S.HI/c1-3-23-22(25-15-11-20(12-16-25)29-4-2)24-18-19-9-8-10-21(17-19)30(27,28)26-13-6-5-7-14-26;/h8-10,17,20H,3-7,11-16,18H2,1-2H3,(H,23,24);1H. The normalized spacial score (nSPS) is 19.2. The third kappa shape index (κ3) is 7.30. The Hall–Kier alpha value is -0.910. The van der Waals surface area contributed by atoms with Gasteiger partial charge in [-0.3, -0.25) is 0 Å². The van der Waals surface area contributed by atoms with Crippen LogP contribution in [0.25, 0.3) is 0 Å². The third-order valence-electron chi connectivity index (χ3n) is 5.74. The van der Waals surface area contributed by atoms with E-state index in [1.807, 2.05) is 19.1 Å². The van der Waals surface area contributed by atoms with Crippen LogP contribution in [0.3, 0.4) is 0 Å². The number of sulfonamides is 1. The van der Waals surface area contributed by atoms with Crippen molar-refractivity contribution in [3.05, 3.63) is 29.8 Å². The minimum atomic E-state index is -3.42. The summed E-state index contributed by atoms with van der Waals surface area (Å²) in [6.45, 7) is 9.19.